The molecule has 1 saturated heterocycles. The normalized spacial score (nSPS) is 16.3. The molecule has 0 spiro atoms. The van der Waals surface area contributed by atoms with Crippen LogP contribution in [-0.2, 0) is 0 Å². The Hall–Kier alpha value is -1.55. The molecule has 0 atom stereocenters. The lowest BCUT2D eigenvalue weighted by Gasteiger charge is -2.27. The number of piperidine rings is 1. The zero-order valence-electron chi connectivity index (χ0n) is 10.9. The summed E-state index contributed by atoms with van der Waals surface area (Å²) in [6, 6.07) is 7.63. The van der Waals surface area contributed by atoms with Crippen molar-refractivity contribution in [3.05, 3.63) is 29.8 Å². The predicted octanol–water partition coefficient (Wildman–Crippen LogP) is 2.25. The lowest BCUT2D eigenvalue weighted by molar-refractivity contribution is 0.0751. The van der Waals surface area contributed by atoms with Crippen LogP contribution in [0.1, 0.15) is 36.5 Å². The number of hydrogen-bond acceptors (Lipinski definition) is 3. The zero-order chi connectivity index (χ0) is 12.8. The number of carbonyl (C=O) groups excluding carboxylic acids is 1. The highest BCUT2D eigenvalue weighted by atomic mass is 16.2. The molecule has 0 radical (unpaired) electrons. The highest BCUT2D eigenvalue weighted by molar-refractivity contribution is 5.99. The molecule has 0 bridgehead atoms. The van der Waals surface area contributed by atoms with Crippen LogP contribution < -0.4 is 10.7 Å². The van der Waals surface area contributed by atoms with E-state index < -0.39 is 0 Å². The molecular formula is C14H21N3O. The second kappa shape index (κ2) is 6.40. The van der Waals surface area contributed by atoms with Gasteiger partial charge in [-0.15, -0.1) is 0 Å². The fourth-order valence-electron chi connectivity index (χ4n) is 2.24. The van der Waals surface area contributed by atoms with E-state index in [-0.39, 0.29) is 5.91 Å². The maximum Gasteiger partial charge on any atom is 0.267 e. The van der Waals surface area contributed by atoms with Crippen molar-refractivity contribution >= 4 is 11.6 Å². The first-order valence-corrected chi connectivity index (χ1v) is 6.70. The number of benzene rings is 1. The van der Waals surface area contributed by atoms with Gasteiger partial charge in [0.15, 0.2) is 0 Å². The number of anilines is 1. The van der Waals surface area contributed by atoms with Gasteiger partial charge in [-0.05, 0) is 31.9 Å². The van der Waals surface area contributed by atoms with Gasteiger partial charge in [-0.3, -0.25) is 10.2 Å². The minimum absolute atomic E-state index is 0.0200. The molecule has 4 heteroatoms. The molecule has 2 N–H and O–H groups in total. The van der Waals surface area contributed by atoms with Crippen molar-refractivity contribution in [1.29, 1.82) is 0 Å². The van der Waals surface area contributed by atoms with Crippen LogP contribution in [0.3, 0.4) is 0 Å². The molecule has 98 valence electrons. The summed E-state index contributed by atoms with van der Waals surface area (Å²) in [5.74, 6) is -0.0200. The van der Waals surface area contributed by atoms with Crippen molar-refractivity contribution in [2.24, 2.45) is 0 Å². The van der Waals surface area contributed by atoms with E-state index in [9.17, 15) is 4.79 Å². The molecule has 0 aliphatic carbocycles. The van der Waals surface area contributed by atoms with Crippen LogP contribution in [0.5, 0.6) is 0 Å². The van der Waals surface area contributed by atoms with E-state index in [2.05, 4.69) is 10.7 Å². The van der Waals surface area contributed by atoms with E-state index in [1.807, 2.05) is 36.2 Å². The molecule has 1 aromatic rings. The number of nitrogens with zero attached hydrogens (tertiary/aromatic N) is 1. The Bertz CT molecular complexity index is 400. The highest BCUT2D eigenvalue weighted by Crippen LogP contribution is 2.15. The molecule has 1 fully saturated rings. The number of carbonyl (C=O) groups is 1. The van der Waals surface area contributed by atoms with Gasteiger partial charge in [0.25, 0.3) is 5.91 Å². The Balaban J connectivity index is 2.03. The highest BCUT2D eigenvalue weighted by Gasteiger charge is 2.15. The van der Waals surface area contributed by atoms with Gasteiger partial charge in [-0.1, -0.05) is 18.6 Å². The fraction of sp³-hybridized carbons (Fsp3) is 0.500. The first-order chi connectivity index (χ1) is 8.81. The van der Waals surface area contributed by atoms with Crippen molar-refractivity contribution in [2.45, 2.75) is 26.2 Å². The van der Waals surface area contributed by atoms with E-state index in [4.69, 9.17) is 0 Å². The van der Waals surface area contributed by atoms with Gasteiger partial charge in [0, 0.05) is 25.3 Å². The molecule has 1 aromatic carbocycles. The molecule has 1 aliphatic heterocycles. The number of rotatable bonds is 4. The smallest absolute Gasteiger partial charge is 0.267 e. The average Bonchev–Trinajstić information content (AvgIpc) is 2.41. The molecule has 1 heterocycles. The lowest BCUT2D eigenvalue weighted by Crippen LogP contribution is -2.45. The van der Waals surface area contributed by atoms with Crippen LogP contribution in [0.15, 0.2) is 24.3 Å². The Morgan fingerprint density at radius 2 is 1.94 bits per heavy atom. The molecule has 4 nitrogen and oxygen atoms in total. The maximum absolute atomic E-state index is 12.2. The number of hydrazine groups is 1. The van der Waals surface area contributed by atoms with E-state index in [1.54, 1.807) is 0 Å². The van der Waals surface area contributed by atoms with Gasteiger partial charge < -0.3 is 5.32 Å². The summed E-state index contributed by atoms with van der Waals surface area (Å²) in [6.45, 7) is 4.75. The van der Waals surface area contributed by atoms with Crippen molar-refractivity contribution in [3.8, 4) is 0 Å². The van der Waals surface area contributed by atoms with E-state index in [0.717, 1.165) is 38.2 Å². The largest absolute Gasteiger partial charge is 0.385 e. The first kappa shape index (κ1) is 12.9. The van der Waals surface area contributed by atoms with Crippen LogP contribution in [0.25, 0.3) is 0 Å². The van der Waals surface area contributed by atoms with Gasteiger partial charge in [-0.25, -0.2) is 5.01 Å². The van der Waals surface area contributed by atoms with Crippen LogP contribution in [0.4, 0.5) is 5.69 Å². The van der Waals surface area contributed by atoms with Crippen LogP contribution >= 0.6 is 0 Å². The minimum atomic E-state index is -0.0200. The molecule has 2 rings (SSSR count). The third kappa shape index (κ3) is 3.23. The molecule has 0 aromatic heterocycles. The van der Waals surface area contributed by atoms with Gasteiger partial charge in [-0.2, -0.15) is 0 Å². The Labute approximate surface area is 108 Å². The Morgan fingerprint density at radius 1 is 1.22 bits per heavy atom. The Morgan fingerprint density at radius 3 is 2.67 bits per heavy atom. The zero-order valence-corrected chi connectivity index (χ0v) is 10.9. The van der Waals surface area contributed by atoms with Crippen LogP contribution in [0, 0.1) is 0 Å². The lowest BCUT2D eigenvalue weighted by atomic mass is 10.1. The van der Waals surface area contributed by atoms with Gasteiger partial charge in [0.1, 0.15) is 0 Å². The van der Waals surface area contributed by atoms with E-state index >= 15 is 0 Å². The molecule has 1 amide bonds. The summed E-state index contributed by atoms with van der Waals surface area (Å²) in [5.41, 5.74) is 4.60. The summed E-state index contributed by atoms with van der Waals surface area (Å²) in [6.07, 6.45) is 3.59. The standard InChI is InChI=1S/C14H21N3O/c1-2-15-13-9-5-4-8-12(13)14(18)16-17-10-6-3-7-11-17/h4-5,8-9,15H,2-3,6-7,10-11H2,1H3,(H,16,18). The third-order valence-corrected chi connectivity index (χ3v) is 3.15. The van der Waals surface area contributed by atoms with Crippen LogP contribution in [0.2, 0.25) is 0 Å². The summed E-state index contributed by atoms with van der Waals surface area (Å²) in [4.78, 5) is 12.2. The van der Waals surface area contributed by atoms with Crippen molar-refractivity contribution in [2.75, 3.05) is 25.0 Å². The fourth-order valence-corrected chi connectivity index (χ4v) is 2.24. The average molecular weight is 247 g/mol. The first-order valence-electron chi connectivity index (χ1n) is 6.70. The topological polar surface area (TPSA) is 44.4 Å². The summed E-state index contributed by atoms with van der Waals surface area (Å²) < 4.78 is 0. The van der Waals surface area contributed by atoms with Gasteiger partial charge in [0.2, 0.25) is 0 Å². The van der Waals surface area contributed by atoms with E-state index in [1.165, 1.54) is 6.42 Å². The van der Waals surface area contributed by atoms with Crippen molar-refractivity contribution < 1.29 is 4.79 Å². The molecule has 1 aliphatic rings. The molecule has 0 saturated carbocycles. The van der Waals surface area contributed by atoms with Gasteiger partial charge >= 0.3 is 0 Å². The summed E-state index contributed by atoms with van der Waals surface area (Å²) in [7, 11) is 0. The van der Waals surface area contributed by atoms with Crippen molar-refractivity contribution in [1.82, 2.24) is 10.4 Å². The quantitative estimate of drug-likeness (QED) is 0.857. The second-order valence-electron chi connectivity index (χ2n) is 4.56. The third-order valence-electron chi connectivity index (χ3n) is 3.15. The molecule has 18 heavy (non-hydrogen) atoms. The number of nitrogens with one attached hydrogen (secondary N) is 2. The molecular weight excluding hydrogens is 226 g/mol. The van der Waals surface area contributed by atoms with Crippen molar-refractivity contribution in [3.63, 3.8) is 0 Å². The number of amides is 1. The summed E-state index contributed by atoms with van der Waals surface area (Å²) in [5, 5.41) is 5.24. The van der Waals surface area contributed by atoms with E-state index in [0.29, 0.717) is 5.56 Å². The minimum Gasteiger partial charge on any atom is -0.385 e. The SMILES string of the molecule is CCNc1ccccc1C(=O)NN1CCCCC1. The van der Waals surface area contributed by atoms with Crippen LogP contribution in [-0.4, -0.2) is 30.6 Å². The number of hydrogen-bond donors (Lipinski definition) is 2. The van der Waals surface area contributed by atoms with Gasteiger partial charge in [0.05, 0.1) is 5.56 Å². The maximum atomic E-state index is 12.2. The number of para-hydroxylation sites is 1. The Kier molecular flexibility index (Phi) is 4.59. The molecule has 0 unspecified atom stereocenters. The summed E-state index contributed by atoms with van der Waals surface area (Å²) >= 11 is 0. The predicted molar refractivity (Wildman–Crippen MR) is 73.5 cm³/mol. The second-order valence-corrected chi connectivity index (χ2v) is 4.56. The monoisotopic (exact) mass is 247 g/mol.